The SMILES string of the molecule is CCC(OCc1ccccc1F)c1cccnc1Cl. The lowest BCUT2D eigenvalue weighted by molar-refractivity contribution is 0.0355. The van der Waals surface area contributed by atoms with Crippen molar-refractivity contribution in [3.63, 3.8) is 0 Å². The van der Waals surface area contributed by atoms with Crippen LogP contribution in [0.1, 0.15) is 30.6 Å². The van der Waals surface area contributed by atoms with Crippen LogP contribution in [0, 0.1) is 5.82 Å². The van der Waals surface area contributed by atoms with E-state index in [1.54, 1.807) is 24.4 Å². The first-order valence-electron chi connectivity index (χ1n) is 6.17. The van der Waals surface area contributed by atoms with Crippen LogP contribution in [0.2, 0.25) is 5.15 Å². The summed E-state index contributed by atoms with van der Waals surface area (Å²) in [5.41, 5.74) is 1.38. The van der Waals surface area contributed by atoms with E-state index in [2.05, 4.69) is 4.98 Å². The van der Waals surface area contributed by atoms with Crippen molar-refractivity contribution in [2.45, 2.75) is 26.1 Å². The molecule has 1 aromatic heterocycles. The zero-order valence-electron chi connectivity index (χ0n) is 10.6. The number of nitrogens with zero attached hydrogens (tertiary/aromatic N) is 1. The lowest BCUT2D eigenvalue weighted by atomic mass is 10.1. The standard InChI is InChI=1S/C15H15ClFNO/c1-2-14(12-7-5-9-18-15(12)16)19-10-11-6-3-4-8-13(11)17/h3-9,14H,2,10H2,1H3. The molecule has 100 valence electrons. The van der Waals surface area contributed by atoms with Crippen molar-refractivity contribution in [2.75, 3.05) is 0 Å². The minimum absolute atomic E-state index is 0.180. The molecule has 0 spiro atoms. The van der Waals surface area contributed by atoms with Gasteiger partial charge in [-0.3, -0.25) is 0 Å². The van der Waals surface area contributed by atoms with Gasteiger partial charge in [-0.25, -0.2) is 9.37 Å². The monoisotopic (exact) mass is 279 g/mol. The maximum atomic E-state index is 13.5. The van der Waals surface area contributed by atoms with Crippen LogP contribution < -0.4 is 0 Å². The van der Waals surface area contributed by atoms with Gasteiger partial charge in [0.05, 0.1) is 12.7 Å². The molecule has 1 aromatic carbocycles. The highest BCUT2D eigenvalue weighted by molar-refractivity contribution is 6.30. The first-order chi connectivity index (χ1) is 9.22. The molecule has 2 aromatic rings. The van der Waals surface area contributed by atoms with Gasteiger partial charge < -0.3 is 4.74 Å². The van der Waals surface area contributed by atoms with Crippen LogP contribution in [-0.2, 0) is 11.3 Å². The van der Waals surface area contributed by atoms with Crippen LogP contribution in [-0.4, -0.2) is 4.98 Å². The van der Waals surface area contributed by atoms with Gasteiger partial charge in [0.25, 0.3) is 0 Å². The average molecular weight is 280 g/mol. The molecule has 0 N–H and O–H groups in total. The molecule has 0 aliphatic rings. The highest BCUT2D eigenvalue weighted by atomic mass is 35.5. The first kappa shape index (κ1) is 14.0. The molecule has 2 nitrogen and oxygen atoms in total. The van der Waals surface area contributed by atoms with Gasteiger partial charge in [-0.2, -0.15) is 0 Å². The number of halogens is 2. The number of ether oxygens (including phenoxy) is 1. The minimum Gasteiger partial charge on any atom is -0.369 e. The van der Waals surface area contributed by atoms with Crippen molar-refractivity contribution in [1.29, 1.82) is 0 Å². The largest absolute Gasteiger partial charge is 0.369 e. The predicted octanol–water partition coefficient (Wildman–Crippen LogP) is 4.54. The Morgan fingerprint density at radius 1 is 1.26 bits per heavy atom. The Hall–Kier alpha value is -1.45. The van der Waals surface area contributed by atoms with E-state index in [-0.39, 0.29) is 18.5 Å². The van der Waals surface area contributed by atoms with Crippen molar-refractivity contribution in [3.8, 4) is 0 Å². The molecule has 4 heteroatoms. The van der Waals surface area contributed by atoms with Crippen molar-refractivity contribution >= 4 is 11.6 Å². The molecule has 1 atom stereocenters. The Labute approximate surface area is 117 Å². The molecule has 0 fully saturated rings. The Balaban J connectivity index is 2.09. The van der Waals surface area contributed by atoms with E-state index in [0.29, 0.717) is 10.7 Å². The van der Waals surface area contributed by atoms with Gasteiger partial charge in [-0.1, -0.05) is 42.8 Å². The van der Waals surface area contributed by atoms with E-state index in [0.717, 1.165) is 12.0 Å². The Morgan fingerprint density at radius 3 is 2.74 bits per heavy atom. The molecule has 19 heavy (non-hydrogen) atoms. The second kappa shape index (κ2) is 6.64. The normalized spacial score (nSPS) is 12.4. The predicted molar refractivity (Wildman–Crippen MR) is 73.5 cm³/mol. The van der Waals surface area contributed by atoms with E-state index in [4.69, 9.17) is 16.3 Å². The molecule has 0 saturated heterocycles. The minimum atomic E-state index is -0.255. The summed E-state index contributed by atoms with van der Waals surface area (Å²) in [6.45, 7) is 2.21. The summed E-state index contributed by atoms with van der Waals surface area (Å²) in [5, 5.41) is 0.433. The van der Waals surface area contributed by atoms with Crippen molar-refractivity contribution < 1.29 is 9.13 Å². The van der Waals surface area contributed by atoms with Crippen LogP contribution >= 0.6 is 11.6 Å². The van der Waals surface area contributed by atoms with Crippen LogP contribution in [0.15, 0.2) is 42.6 Å². The molecular formula is C15H15ClFNO. The number of pyridine rings is 1. The van der Waals surface area contributed by atoms with Gasteiger partial charge in [0.1, 0.15) is 11.0 Å². The van der Waals surface area contributed by atoms with Crippen molar-refractivity contribution in [1.82, 2.24) is 4.98 Å². The molecular weight excluding hydrogens is 265 g/mol. The summed E-state index contributed by atoms with van der Waals surface area (Å²) < 4.78 is 19.3. The summed E-state index contributed by atoms with van der Waals surface area (Å²) >= 11 is 6.05. The van der Waals surface area contributed by atoms with Crippen LogP contribution in [0.4, 0.5) is 4.39 Å². The number of benzene rings is 1. The number of rotatable bonds is 5. The van der Waals surface area contributed by atoms with Gasteiger partial charge in [0.2, 0.25) is 0 Å². The average Bonchev–Trinajstić information content (AvgIpc) is 2.43. The molecule has 0 aliphatic carbocycles. The van der Waals surface area contributed by atoms with E-state index < -0.39 is 0 Å². The van der Waals surface area contributed by atoms with Crippen LogP contribution in [0.3, 0.4) is 0 Å². The molecule has 0 bridgehead atoms. The molecule has 1 heterocycles. The Kier molecular flexibility index (Phi) is 4.88. The van der Waals surface area contributed by atoms with Gasteiger partial charge in [-0.05, 0) is 18.6 Å². The van der Waals surface area contributed by atoms with Crippen LogP contribution in [0.5, 0.6) is 0 Å². The third-order valence-corrected chi connectivity index (χ3v) is 3.22. The highest BCUT2D eigenvalue weighted by Gasteiger charge is 2.14. The third-order valence-electron chi connectivity index (χ3n) is 2.90. The maximum absolute atomic E-state index is 13.5. The van der Waals surface area contributed by atoms with Gasteiger partial charge in [0.15, 0.2) is 0 Å². The van der Waals surface area contributed by atoms with E-state index in [9.17, 15) is 4.39 Å². The fourth-order valence-corrected chi connectivity index (χ4v) is 2.11. The van der Waals surface area contributed by atoms with E-state index >= 15 is 0 Å². The zero-order valence-corrected chi connectivity index (χ0v) is 11.4. The number of hydrogen-bond acceptors (Lipinski definition) is 2. The van der Waals surface area contributed by atoms with Gasteiger partial charge in [-0.15, -0.1) is 0 Å². The maximum Gasteiger partial charge on any atom is 0.134 e. The molecule has 0 amide bonds. The fourth-order valence-electron chi connectivity index (χ4n) is 1.87. The Morgan fingerprint density at radius 2 is 2.05 bits per heavy atom. The summed E-state index contributed by atoms with van der Waals surface area (Å²) in [6.07, 6.45) is 2.20. The van der Waals surface area contributed by atoms with E-state index in [1.165, 1.54) is 6.07 Å². The fraction of sp³-hybridized carbons (Fsp3) is 0.267. The van der Waals surface area contributed by atoms with Crippen molar-refractivity contribution in [3.05, 3.63) is 64.7 Å². The number of aromatic nitrogens is 1. The van der Waals surface area contributed by atoms with Gasteiger partial charge >= 0.3 is 0 Å². The topological polar surface area (TPSA) is 22.1 Å². The summed E-state index contributed by atoms with van der Waals surface area (Å²) in [5.74, 6) is -0.255. The lowest BCUT2D eigenvalue weighted by Gasteiger charge is -2.17. The zero-order chi connectivity index (χ0) is 13.7. The second-order valence-corrected chi connectivity index (χ2v) is 4.54. The lowest BCUT2D eigenvalue weighted by Crippen LogP contribution is -2.05. The van der Waals surface area contributed by atoms with Crippen LogP contribution in [0.25, 0.3) is 0 Å². The summed E-state index contributed by atoms with van der Waals surface area (Å²) in [7, 11) is 0. The number of hydrogen-bond donors (Lipinski definition) is 0. The molecule has 1 unspecified atom stereocenters. The summed E-state index contributed by atoms with van der Waals surface area (Å²) in [6, 6.07) is 10.3. The summed E-state index contributed by atoms with van der Waals surface area (Å²) in [4.78, 5) is 4.03. The highest BCUT2D eigenvalue weighted by Crippen LogP contribution is 2.27. The molecule has 0 aliphatic heterocycles. The van der Waals surface area contributed by atoms with E-state index in [1.807, 2.05) is 19.1 Å². The smallest absolute Gasteiger partial charge is 0.134 e. The molecule has 0 saturated carbocycles. The molecule has 2 rings (SSSR count). The molecule has 0 radical (unpaired) electrons. The second-order valence-electron chi connectivity index (χ2n) is 4.18. The first-order valence-corrected chi connectivity index (χ1v) is 6.55. The Bertz CT molecular complexity index is 547. The quantitative estimate of drug-likeness (QED) is 0.750. The third kappa shape index (κ3) is 3.52. The van der Waals surface area contributed by atoms with Gasteiger partial charge in [0, 0.05) is 17.3 Å². The van der Waals surface area contributed by atoms with Crippen molar-refractivity contribution in [2.24, 2.45) is 0 Å².